The first kappa shape index (κ1) is 17.3. The van der Waals surface area contributed by atoms with Gasteiger partial charge in [-0.25, -0.2) is 14.4 Å². The highest BCUT2D eigenvalue weighted by atomic mass is 16.6. The van der Waals surface area contributed by atoms with Crippen LogP contribution in [-0.2, 0) is 19.1 Å². The summed E-state index contributed by atoms with van der Waals surface area (Å²) in [5.74, 6) is -1.54. The van der Waals surface area contributed by atoms with E-state index in [1.54, 1.807) is 38.1 Å². The summed E-state index contributed by atoms with van der Waals surface area (Å²) in [6, 6.07) is 7.90. The molecular formula is C17H17NO6. The van der Waals surface area contributed by atoms with Gasteiger partial charge >= 0.3 is 17.6 Å². The van der Waals surface area contributed by atoms with Crippen molar-refractivity contribution in [1.82, 2.24) is 0 Å². The molecule has 2 rings (SSSR count). The smallest absolute Gasteiger partial charge is 0.347 e. The number of esters is 2. The maximum Gasteiger partial charge on any atom is 0.347 e. The molecule has 1 heterocycles. The van der Waals surface area contributed by atoms with Crippen molar-refractivity contribution in [3.05, 3.63) is 52.5 Å². The van der Waals surface area contributed by atoms with Crippen LogP contribution in [0.25, 0.3) is 11.0 Å². The fourth-order valence-corrected chi connectivity index (χ4v) is 1.94. The monoisotopic (exact) mass is 331 g/mol. The number of ether oxygens (including phenoxy) is 2. The minimum atomic E-state index is -0.768. The zero-order valence-electron chi connectivity index (χ0n) is 13.3. The standard InChI is InChI=1S/C17H17NO6/c1-3-22-16(20)13(17(21)23-4-2)10-18-12-6-7-14-11(9-12)5-8-15(19)24-14/h5-10,18H,3-4H2,1-2H3. The van der Waals surface area contributed by atoms with Crippen LogP contribution in [0.3, 0.4) is 0 Å². The van der Waals surface area contributed by atoms with Crippen LogP contribution in [0.1, 0.15) is 13.8 Å². The second-order valence-electron chi connectivity index (χ2n) is 4.65. The largest absolute Gasteiger partial charge is 0.462 e. The summed E-state index contributed by atoms with van der Waals surface area (Å²) in [6.45, 7) is 3.57. The molecule has 0 aliphatic heterocycles. The molecule has 0 bridgehead atoms. The Morgan fingerprint density at radius 3 is 2.38 bits per heavy atom. The number of hydrogen-bond donors (Lipinski definition) is 1. The lowest BCUT2D eigenvalue weighted by Crippen LogP contribution is -2.19. The number of anilines is 1. The van der Waals surface area contributed by atoms with Gasteiger partial charge in [-0.3, -0.25) is 0 Å². The summed E-state index contributed by atoms with van der Waals surface area (Å²) in [7, 11) is 0. The molecule has 0 aliphatic rings. The first-order valence-corrected chi connectivity index (χ1v) is 7.40. The van der Waals surface area contributed by atoms with Gasteiger partial charge in [-0.05, 0) is 38.1 Å². The van der Waals surface area contributed by atoms with Crippen LogP contribution in [-0.4, -0.2) is 25.2 Å². The third-order valence-corrected chi connectivity index (χ3v) is 2.99. The second kappa shape index (κ2) is 7.96. The highest BCUT2D eigenvalue weighted by Gasteiger charge is 2.20. The lowest BCUT2D eigenvalue weighted by atomic mass is 10.2. The van der Waals surface area contributed by atoms with E-state index in [9.17, 15) is 14.4 Å². The molecule has 0 amide bonds. The van der Waals surface area contributed by atoms with Gasteiger partial charge in [0.25, 0.3) is 0 Å². The van der Waals surface area contributed by atoms with E-state index in [1.807, 2.05) is 0 Å². The third kappa shape index (κ3) is 4.22. The molecule has 126 valence electrons. The summed E-state index contributed by atoms with van der Waals surface area (Å²) in [5, 5.41) is 3.54. The first-order valence-electron chi connectivity index (χ1n) is 7.40. The number of hydrogen-bond acceptors (Lipinski definition) is 7. The number of fused-ring (bicyclic) bond motifs is 1. The second-order valence-corrected chi connectivity index (χ2v) is 4.65. The Morgan fingerprint density at radius 1 is 1.08 bits per heavy atom. The zero-order valence-corrected chi connectivity index (χ0v) is 13.3. The quantitative estimate of drug-likeness (QED) is 0.285. The molecule has 0 aliphatic carbocycles. The maximum atomic E-state index is 11.8. The van der Waals surface area contributed by atoms with Gasteiger partial charge in [0.2, 0.25) is 0 Å². The predicted molar refractivity (Wildman–Crippen MR) is 87.5 cm³/mol. The highest BCUT2D eigenvalue weighted by molar-refractivity contribution is 6.14. The van der Waals surface area contributed by atoms with Gasteiger partial charge in [0.15, 0.2) is 5.57 Å². The molecule has 0 saturated carbocycles. The van der Waals surface area contributed by atoms with Crippen LogP contribution in [0.4, 0.5) is 5.69 Å². The van der Waals surface area contributed by atoms with E-state index in [1.165, 1.54) is 12.3 Å². The van der Waals surface area contributed by atoms with Crippen LogP contribution in [0.15, 0.2) is 51.3 Å². The number of carbonyl (C=O) groups excluding carboxylic acids is 2. The minimum Gasteiger partial charge on any atom is -0.462 e. The highest BCUT2D eigenvalue weighted by Crippen LogP contribution is 2.18. The van der Waals surface area contributed by atoms with Crippen LogP contribution < -0.4 is 10.9 Å². The van der Waals surface area contributed by atoms with Crippen molar-refractivity contribution in [3.8, 4) is 0 Å². The summed E-state index contributed by atoms with van der Waals surface area (Å²) >= 11 is 0. The Morgan fingerprint density at radius 2 is 1.75 bits per heavy atom. The van der Waals surface area contributed by atoms with Gasteiger partial charge in [0.05, 0.1) is 13.2 Å². The van der Waals surface area contributed by atoms with E-state index < -0.39 is 17.6 Å². The molecule has 0 unspecified atom stereocenters. The Kier molecular flexibility index (Phi) is 5.73. The molecule has 0 fully saturated rings. The van der Waals surface area contributed by atoms with Crippen molar-refractivity contribution in [2.75, 3.05) is 18.5 Å². The van der Waals surface area contributed by atoms with Crippen LogP contribution in [0.5, 0.6) is 0 Å². The lowest BCUT2D eigenvalue weighted by Gasteiger charge is -2.08. The van der Waals surface area contributed by atoms with Crippen molar-refractivity contribution in [2.24, 2.45) is 0 Å². The van der Waals surface area contributed by atoms with E-state index in [4.69, 9.17) is 13.9 Å². The van der Waals surface area contributed by atoms with E-state index in [2.05, 4.69) is 5.32 Å². The Labute approximate surface area is 137 Å². The van der Waals surface area contributed by atoms with Crippen LogP contribution >= 0.6 is 0 Å². The summed E-state index contributed by atoms with van der Waals surface area (Å²) in [4.78, 5) is 34.9. The lowest BCUT2D eigenvalue weighted by molar-refractivity contribution is -0.146. The third-order valence-electron chi connectivity index (χ3n) is 2.99. The first-order chi connectivity index (χ1) is 11.5. The van der Waals surface area contributed by atoms with Gasteiger partial charge < -0.3 is 19.2 Å². The molecular weight excluding hydrogens is 314 g/mol. The van der Waals surface area contributed by atoms with Crippen molar-refractivity contribution < 1.29 is 23.5 Å². The zero-order chi connectivity index (χ0) is 17.5. The molecule has 1 N–H and O–H groups in total. The number of nitrogens with one attached hydrogen (secondary N) is 1. The molecule has 0 spiro atoms. The molecule has 7 heteroatoms. The summed E-state index contributed by atoms with van der Waals surface area (Å²) in [5.41, 5.74) is 0.365. The summed E-state index contributed by atoms with van der Waals surface area (Å²) < 4.78 is 14.7. The van der Waals surface area contributed by atoms with Crippen LogP contribution in [0, 0.1) is 0 Å². The molecule has 2 aromatic rings. The maximum absolute atomic E-state index is 11.8. The van der Waals surface area contributed by atoms with Crippen molar-refractivity contribution in [2.45, 2.75) is 13.8 Å². The molecule has 0 atom stereocenters. The average molecular weight is 331 g/mol. The van der Waals surface area contributed by atoms with Crippen molar-refractivity contribution in [1.29, 1.82) is 0 Å². The Bertz CT molecular complexity index is 816. The normalized spacial score (nSPS) is 10.1. The fourth-order valence-electron chi connectivity index (χ4n) is 1.94. The molecule has 0 saturated heterocycles. The van der Waals surface area contributed by atoms with Crippen LogP contribution in [0.2, 0.25) is 0 Å². The van der Waals surface area contributed by atoms with Gasteiger partial charge in [0.1, 0.15) is 5.58 Å². The van der Waals surface area contributed by atoms with Gasteiger partial charge in [-0.1, -0.05) is 0 Å². The topological polar surface area (TPSA) is 94.8 Å². The van der Waals surface area contributed by atoms with Crippen molar-refractivity contribution in [3.63, 3.8) is 0 Å². The number of rotatable bonds is 6. The molecule has 1 aromatic heterocycles. The van der Waals surface area contributed by atoms with E-state index >= 15 is 0 Å². The Hall–Kier alpha value is -3.09. The molecule has 0 radical (unpaired) electrons. The molecule has 1 aromatic carbocycles. The van der Waals surface area contributed by atoms with E-state index in [0.717, 1.165) is 0 Å². The van der Waals surface area contributed by atoms with Crippen molar-refractivity contribution >= 4 is 28.6 Å². The fraction of sp³-hybridized carbons (Fsp3) is 0.235. The predicted octanol–water partition coefficient (Wildman–Crippen LogP) is 2.21. The SMILES string of the molecule is CCOC(=O)C(=CNc1ccc2oc(=O)ccc2c1)C(=O)OCC. The number of carbonyl (C=O) groups is 2. The number of benzene rings is 1. The van der Waals surface area contributed by atoms with Gasteiger partial charge in [-0.15, -0.1) is 0 Å². The summed E-state index contributed by atoms with van der Waals surface area (Å²) in [6.07, 6.45) is 1.23. The van der Waals surface area contributed by atoms with E-state index in [0.29, 0.717) is 16.7 Å². The van der Waals surface area contributed by atoms with Gasteiger partial charge in [-0.2, -0.15) is 0 Å². The molecule has 7 nitrogen and oxygen atoms in total. The minimum absolute atomic E-state index is 0.143. The Balaban J connectivity index is 2.26. The van der Waals surface area contributed by atoms with Gasteiger partial charge in [0, 0.05) is 23.3 Å². The average Bonchev–Trinajstić information content (AvgIpc) is 2.55. The van der Waals surface area contributed by atoms with E-state index in [-0.39, 0.29) is 18.8 Å². The molecule has 24 heavy (non-hydrogen) atoms.